The number of carbonyl (C=O) groups is 1. The Labute approximate surface area is 140 Å². The third kappa shape index (κ3) is 2.90. The van der Waals surface area contributed by atoms with Gasteiger partial charge in [-0.3, -0.25) is 9.36 Å². The summed E-state index contributed by atoms with van der Waals surface area (Å²) >= 11 is 0. The van der Waals surface area contributed by atoms with E-state index in [0.717, 1.165) is 36.2 Å². The summed E-state index contributed by atoms with van der Waals surface area (Å²) in [5.74, 6) is -0.0625. The number of hydrogen-bond donors (Lipinski definition) is 1. The van der Waals surface area contributed by atoms with E-state index in [2.05, 4.69) is 10.3 Å². The predicted molar refractivity (Wildman–Crippen MR) is 92.4 cm³/mol. The van der Waals surface area contributed by atoms with Gasteiger partial charge in [0.2, 0.25) is 0 Å². The van der Waals surface area contributed by atoms with Gasteiger partial charge in [0.15, 0.2) is 0 Å². The molecule has 2 aromatic carbocycles. The second kappa shape index (κ2) is 6.45. The maximum atomic E-state index is 12.2. The minimum absolute atomic E-state index is 0.0625. The van der Waals surface area contributed by atoms with E-state index in [1.54, 1.807) is 6.33 Å². The normalized spacial score (nSPS) is 17.2. The Morgan fingerprint density at radius 1 is 1.21 bits per heavy atom. The van der Waals surface area contributed by atoms with Crippen LogP contribution in [0.1, 0.15) is 23.2 Å². The number of amides is 1. The molecule has 1 unspecified atom stereocenters. The van der Waals surface area contributed by atoms with Gasteiger partial charge in [-0.1, -0.05) is 12.1 Å². The summed E-state index contributed by atoms with van der Waals surface area (Å²) in [5, 5.41) is 2.94. The van der Waals surface area contributed by atoms with E-state index in [0.29, 0.717) is 12.1 Å². The number of imidazole rings is 1. The fourth-order valence-corrected chi connectivity index (χ4v) is 3.05. The molecule has 122 valence electrons. The fraction of sp³-hybridized carbons (Fsp3) is 0.263. The second-order valence-corrected chi connectivity index (χ2v) is 6.00. The molecular weight excluding hydrogens is 302 g/mol. The lowest BCUT2D eigenvalue weighted by Gasteiger charge is -2.11. The van der Waals surface area contributed by atoms with Gasteiger partial charge in [0.05, 0.1) is 17.1 Å². The molecule has 5 nitrogen and oxygen atoms in total. The molecule has 0 saturated carbocycles. The summed E-state index contributed by atoms with van der Waals surface area (Å²) < 4.78 is 7.54. The van der Waals surface area contributed by atoms with Crippen molar-refractivity contribution < 1.29 is 9.53 Å². The van der Waals surface area contributed by atoms with Crippen LogP contribution in [0.5, 0.6) is 0 Å². The molecule has 1 saturated heterocycles. The van der Waals surface area contributed by atoms with Crippen LogP contribution >= 0.6 is 0 Å². The number of hydrogen-bond acceptors (Lipinski definition) is 3. The van der Waals surface area contributed by atoms with Crippen molar-refractivity contribution in [2.24, 2.45) is 0 Å². The Morgan fingerprint density at radius 3 is 2.83 bits per heavy atom. The van der Waals surface area contributed by atoms with Crippen LogP contribution in [0.2, 0.25) is 0 Å². The average molecular weight is 321 g/mol. The Bertz CT molecular complexity index is 848. The molecule has 1 atom stereocenters. The van der Waals surface area contributed by atoms with E-state index >= 15 is 0 Å². The molecule has 24 heavy (non-hydrogen) atoms. The van der Waals surface area contributed by atoms with Crippen molar-refractivity contribution in [2.75, 3.05) is 13.2 Å². The molecule has 0 radical (unpaired) electrons. The van der Waals surface area contributed by atoms with E-state index < -0.39 is 0 Å². The molecular formula is C19H19N3O2. The maximum absolute atomic E-state index is 12.2. The van der Waals surface area contributed by atoms with E-state index in [1.807, 2.05) is 53.1 Å². The smallest absolute Gasteiger partial charge is 0.251 e. The number of ether oxygens (including phenoxy) is 1. The Balaban J connectivity index is 1.49. The summed E-state index contributed by atoms with van der Waals surface area (Å²) in [6, 6.07) is 15.5. The fourth-order valence-electron chi connectivity index (χ4n) is 3.05. The first kappa shape index (κ1) is 14.9. The molecule has 1 aliphatic rings. The molecule has 2 heterocycles. The predicted octanol–water partition coefficient (Wildman–Crippen LogP) is 2.93. The molecule has 5 heteroatoms. The average Bonchev–Trinajstić information content (AvgIpc) is 3.29. The van der Waals surface area contributed by atoms with Crippen LogP contribution in [-0.2, 0) is 4.74 Å². The molecule has 1 N–H and O–H groups in total. The van der Waals surface area contributed by atoms with E-state index in [4.69, 9.17) is 4.74 Å². The van der Waals surface area contributed by atoms with Crippen molar-refractivity contribution in [1.29, 1.82) is 0 Å². The molecule has 0 spiro atoms. The topological polar surface area (TPSA) is 56.1 Å². The van der Waals surface area contributed by atoms with Gasteiger partial charge < -0.3 is 10.1 Å². The minimum Gasteiger partial charge on any atom is -0.376 e. The largest absolute Gasteiger partial charge is 0.376 e. The minimum atomic E-state index is -0.0625. The van der Waals surface area contributed by atoms with Crippen LogP contribution in [0.25, 0.3) is 16.7 Å². The molecule has 0 bridgehead atoms. The molecule has 1 aliphatic heterocycles. The number of carbonyl (C=O) groups excluding carboxylic acids is 1. The summed E-state index contributed by atoms with van der Waals surface area (Å²) in [5.41, 5.74) is 3.64. The van der Waals surface area contributed by atoms with Gasteiger partial charge in [0.25, 0.3) is 5.91 Å². The van der Waals surface area contributed by atoms with Crippen molar-refractivity contribution in [2.45, 2.75) is 18.9 Å². The van der Waals surface area contributed by atoms with Crippen LogP contribution in [0.3, 0.4) is 0 Å². The van der Waals surface area contributed by atoms with Gasteiger partial charge in [0, 0.05) is 24.4 Å². The highest BCUT2D eigenvalue weighted by Gasteiger charge is 2.16. The highest BCUT2D eigenvalue weighted by molar-refractivity contribution is 5.94. The van der Waals surface area contributed by atoms with Crippen molar-refractivity contribution in [3.05, 3.63) is 60.4 Å². The van der Waals surface area contributed by atoms with Gasteiger partial charge in [-0.2, -0.15) is 0 Å². The molecule has 0 aliphatic carbocycles. The molecule has 1 fully saturated rings. The first-order valence-corrected chi connectivity index (χ1v) is 8.23. The van der Waals surface area contributed by atoms with Gasteiger partial charge in [-0.25, -0.2) is 4.98 Å². The standard InChI is InChI=1S/C19H19N3O2/c23-19(20-12-16-4-3-11-24-16)14-7-9-15(10-8-14)22-13-21-17-5-1-2-6-18(17)22/h1-2,5-10,13,16H,3-4,11-12H2,(H,20,23). The zero-order chi connectivity index (χ0) is 16.4. The highest BCUT2D eigenvalue weighted by Crippen LogP contribution is 2.18. The number of para-hydroxylation sites is 2. The lowest BCUT2D eigenvalue weighted by molar-refractivity contribution is 0.0858. The van der Waals surface area contributed by atoms with E-state index in [9.17, 15) is 4.79 Å². The van der Waals surface area contributed by atoms with Crippen LogP contribution in [0, 0.1) is 0 Å². The molecule has 1 amide bonds. The van der Waals surface area contributed by atoms with Crippen LogP contribution in [-0.4, -0.2) is 34.7 Å². The van der Waals surface area contributed by atoms with Gasteiger partial charge in [-0.05, 0) is 49.2 Å². The van der Waals surface area contributed by atoms with Crippen molar-refractivity contribution >= 4 is 16.9 Å². The number of fused-ring (bicyclic) bond motifs is 1. The van der Waals surface area contributed by atoms with Gasteiger partial charge in [0.1, 0.15) is 6.33 Å². The quantitative estimate of drug-likeness (QED) is 0.804. The van der Waals surface area contributed by atoms with Gasteiger partial charge >= 0.3 is 0 Å². The monoisotopic (exact) mass is 321 g/mol. The lowest BCUT2D eigenvalue weighted by atomic mass is 10.1. The Kier molecular flexibility index (Phi) is 4.01. The zero-order valence-electron chi connectivity index (χ0n) is 13.3. The molecule has 4 rings (SSSR count). The number of benzene rings is 2. The third-order valence-electron chi connectivity index (χ3n) is 4.38. The molecule has 3 aromatic rings. The third-order valence-corrected chi connectivity index (χ3v) is 4.38. The highest BCUT2D eigenvalue weighted by atomic mass is 16.5. The second-order valence-electron chi connectivity index (χ2n) is 6.00. The summed E-state index contributed by atoms with van der Waals surface area (Å²) in [6.45, 7) is 1.38. The number of rotatable bonds is 4. The first-order valence-electron chi connectivity index (χ1n) is 8.23. The Morgan fingerprint density at radius 2 is 2.04 bits per heavy atom. The Hall–Kier alpha value is -2.66. The van der Waals surface area contributed by atoms with Crippen LogP contribution < -0.4 is 5.32 Å². The van der Waals surface area contributed by atoms with E-state index in [-0.39, 0.29) is 12.0 Å². The van der Waals surface area contributed by atoms with Crippen LogP contribution in [0.15, 0.2) is 54.9 Å². The summed E-state index contributed by atoms with van der Waals surface area (Å²) in [4.78, 5) is 16.6. The maximum Gasteiger partial charge on any atom is 0.251 e. The van der Waals surface area contributed by atoms with Crippen molar-refractivity contribution in [1.82, 2.24) is 14.9 Å². The summed E-state index contributed by atoms with van der Waals surface area (Å²) in [7, 11) is 0. The number of nitrogens with zero attached hydrogens (tertiary/aromatic N) is 2. The first-order chi connectivity index (χ1) is 11.8. The van der Waals surface area contributed by atoms with Crippen LogP contribution in [0.4, 0.5) is 0 Å². The van der Waals surface area contributed by atoms with Gasteiger partial charge in [-0.15, -0.1) is 0 Å². The SMILES string of the molecule is O=C(NCC1CCCO1)c1ccc(-n2cnc3ccccc32)cc1. The lowest BCUT2D eigenvalue weighted by Crippen LogP contribution is -2.31. The van der Waals surface area contributed by atoms with Crippen molar-refractivity contribution in [3.8, 4) is 5.69 Å². The van der Waals surface area contributed by atoms with Crippen molar-refractivity contribution in [3.63, 3.8) is 0 Å². The summed E-state index contributed by atoms with van der Waals surface area (Å²) in [6.07, 6.45) is 4.06. The number of aromatic nitrogens is 2. The zero-order valence-corrected chi connectivity index (χ0v) is 13.3. The molecule has 1 aromatic heterocycles. The van der Waals surface area contributed by atoms with E-state index in [1.165, 1.54) is 0 Å². The number of nitrogens with one attached hydrogen (secondary N) is 1.